The van der Waals surface area contributed by atoms with Crippen molar-refractivity contribution in [2.75, 3.05) is 68.7 Å². The molecule has 0 saturated carbocycles. The maximum absolute atomic E-state index is 13.4. The van der Waals surface area contributed by atoms with Crippen LogP contribution in [0.1, 0.15) is 39.5 Å². The fraction of sp³-hybridized carbons (Fsp3) is 0.457. The predicted molar refractivity (Wildman–Crippen MR) is 186 cm³/mol. The monoisotopic (exact) mass is 738 g/mol. The highest BCUT2D eigenvalue weighted by Gasteiger charge is 2.39. The third-order valence-electron chi connectivity index (χ3n) is 9.15. The summed E-state index contributed by atoms with van der Waals surface area (Å²) in [5.41, 5.74) is 6.91. The van der Waals surface area contributed by atoms with Gasteiger partial charge in [-0.1, -0.05) is 12.1 Å². The Balaban J connectivity index is 0.000000252. The number of fused-ring (bicyclic) bond motifs is 2. The van der Waals surface area contributed by atoms with Gasteiger partial charge in [-0.2, -0.15) is 13.2 Å². The summed E-state index contributed by atoms with van der Waals surface area (Å²) >= 11 is 0. The van der Waals surface area contributed by atoms with Gasteiger partial charge >= 0.3 is 6.18 Å². The van der Waals surface area contributed by atoms with Crippen LogP contribution in [0.5, 0.6) is 5.75 Å². The van der Waals surface area contributed by atoms with Crippen molar-refractivity contribution >= 4 is 39.5 Å². The Kier molecular flexibility index (Phi) is 11.9. The summed E-state index contributed by atoms with van der Waals surface area (Å²) in [6, 6.07) is 16.0. The molecule has 3 aromatic carbocycles. The van der Waals surface area contributed by atoms with Gasteiger partial charge in [0.15, 0.2) is 15.9 Å². The van der Waals surface area contributed by atoms with Crippen LogP contribution >= 0.6 is 12.4 Å². The standard InChI is InChI=1S/C23H25F3N2O5S.C12H16N2O.ClH/c1-15(23(24,25)26)33-21-6-5-19(34(2,30)31)12-20(21)22(29)28-13-16-3-4-18(11-17(16)14-28)27-7-9-32-10-8-27;1-2-12(14-3-5-15-6-4-14)7-11-9-13-8-10(1)11;/h3-6,11-12,15H,7-10,13-14H2,1-2H3;1-2,7,13H,3-6,8-9H2;1H/t15-;;/m0../s1. The molecule has 4 heterocycles. The molecule has 3 aromatic rings. The average Bonchev–Trinajstić information content (AvgIpc) is 3.75. The van der Waals surface area contributed by atoms with Crippen LogP contribution < -0.4 is 19.9 Å². The lowest BCUT2D eigenvalue weighted by Gasteiger charge is -2.29. The Labute approximate surface area is 296 Å². The summed E-state index contributed by atoms with van der Waals surface area (Å²) in [5.74, 6) is -0.911. The SMILES string of the molecule is C[C@H](Oc1ccc(S(C)(=O)=O)cc1C(=O)N1Cc2ccc(N3CCOCC3)cc2C1)C(F)(F)F.Cl.c1cc2c(cc1N1CCOCC1)CNC2. The van der Waals surface area contributed by atoms with Gasteiger partial charge in [0.05, 0.1) is 36.9 Å². The Hall–Kier alpha value is -3.56. The van der Waals surface area contributed by atoms with Gasteiger partial charge in [-0.05, 0) is 71.6 Å². The lowest BCUT2D eigenvalue weighted by Crippen LogP contribution is -2.36. The number of sulfone groups is 1. The Morgan fingerprint density at radius 1 is 0.800 bits per heavy atom. The lowest BCUT2D eigenvalue weighted by atomic mass is 10.1. The van der Waals surface area contributed by atoms with Crippen LogP contribution in [-0.2, 0) is 45.5 Å². The van der Waals surface area contributed by atoms with Crippen LogP contribution in [0.25, 0.3) is 0 Å². The number of hydrogen-bond acceptors (Lipinski definition) is 9. The molecule has 1 N–H and O–H groups in total. The zero-order valence-corrected chi connectivity index (χ0v) is 29.6. The number of nitrogens with one attached hydrogen (secondary N) is 1. The van der Waals surface area contributed by atoms with Crippen molar-refractivity contribution < 1.29 is 40.6 Å². The van der Waals surface area contributed by atoms with Crippen LogP contribution in [0.15, 0.2) is 59.5 Å². The summed E-state index contributed by atoms with van der Waals surface area (Å²) in [6.45, 7) is 9.94. The van der Waals surface area contributed by atoms with E-state index < -0.39 is 28.0 Å². The van der Waals surface area contributed by atoms with E-state index in [1.54, 1.807) is 0 Å². The molecular formula is C35H42ClF3N4O6S. The number of morpholine rings is 2. The molecule has 50 heavy (non-hydrogen) atoms. The topological polar surface area (TPSA) is 101 Å². The maximum Gasteiger partial charge on any atom is 0.425 e. The van der Waals surface area contributed by atoms with Crippen LogP contribution in [-0.4, -0.2) is 90.4 Å². The number of alkyl halides is 3. The van der Waals surface area contributed by atoms with E-state index in [1.165, 1.54) is 21.7 Å². The van der Waals surface area contributed by atoms with E-state index in [0.717, 1.165) is 101 Å². The van der Waals surface area contributed by atoms with E-state index in [2.05, 4.69) is 33.3 Å². The minimum atomic E-state index is -4.64. The van der Waals surface area contributed by atoms with Gasteiger partial charge in [-0.3, -0.25) is 4.79 Å². The first-order valence-corrected chi connectivity index (χ1v) is 18.2. The van der Waals surface area contributed by atoms with E-state index in [4.69, 9.17) is 14.2 Å². The highest BCUT2D eigenvalue weighted by Crippen LogP contribution is 2.33. The molecule has 2 fully saturated rings. The van der Waals surface area contributed by atoms with Gasteiger partial charge in [-0.15, -0.1) is 12.4 Å². The molecule has 4 aliphatic rings. The highest BCUT2D eigenvalue weighted by atomic mass is 35.5. The molecule has 0 aromatic heterocycles. The molecule has 2 saturated heterocycles. The second kappa shape index (κ2) is 15.8. The fourth-order valence-electron chi connectivity index (χ4n) is 6.28. The Morgan fingerprint density at radius 2 is 1.34 bits per heavy atom. The van der Waals surface area contributed by atoms with Crippen molar-refractivity contribution in [3.8, 4) is 5.75 Å². The quantitative estimate of drug-likeness (QED) is 0.376. The molecule has 0 unspecified atom stereocenters. The molecule has 272 valence electrons. The fourth-order valence-corrected chi connectivity index (χ4v) is 6.93. The van der Waals surface area contributed by atoms with Crippen molar-refractivity contribution in [1.82, 2.24) is 10.2 Å². The van der Waals surface area contributed by atoms with E-state index in [1.807, 2.05) is 18.2 Å². The number of nitrogens with zero attached hydrogens (tertiary/aromatic N) is 3. The zero-order valence-electron chi connectivity index (χ0n) is 28.0. The van der Waals surface area contributed by atoms with Crippen LogP contribution in [0.2, 0.25) is 0 Å². The Morgan fingerprint density at radius 3 is 1.92 bits per heavy atom. The highest BCUT2D eigenvalue weighted by molar-refractivity contribution is 7.90. The van der Waals surface area contributed by atoms with Crippen LogP contribution in [0.3, 0.4) is 0 Å². The number of carbonyl (C=O) groups is 1. The molecular weight excluding hydrogens is 697 g/mol. The van der Waals surface area contributed by atoms with Crippen molar-refractivity contribution in [2.24, 2.45) is 0 Å². The van der Waals surface area contributed by atoms with Gasteiger partial charge < -0.3 is 34.2 Å². The van der Waals surface area contributed by atoms with E-state index in [9.17, 15) is 26.4 Å². The van der Waals surface area contributed by atoms with Gasteiger partial charge in [-0.25, -0.2) is 8.42 Å². The normalized spacial score (nSPS) is 18.0. The summed E-state index contributed by atoms with van der Waals surface area (Å²) in [4.78, 5) is 19.3. The molecule has 4 aliphatic heterocycles. The molecule has 1 atom stereocenters. The second-order valence-corrected chi connectivity index (χ2v) is 14.6. The molecule has 7 rings (SSSR count). The van der Waals surface area contributed by atoms with Crippen molar-refractivity contribution in [2.45, 2.75) is 50.3 Å². The molecule has 0 aliphatic carbocycles. The number of hydrogen-bond donors (Lipinski definition) is 1. The smallest absolute Gasteiger partial charge is 0.425 e. The number of benzene rings is 3. The number of rotatable bonds is 6. The first-order valence-electron chi connectivity index (χ1n) is 16.3. The minimum absolute atomic E-state index is 0. The van der Waals surface area contributed by atoms with E-state index in [-0.39, 0.29) is 41.7 Å². The van der Waals surface area contributed by atoms with Crippen molar-refractivity contribution in [3.05, 3.63) is 82.4 Å². The predicted octanol–water partition coefficient (Wildman–Crippen LogP) is 4.96. The lowest BCUT2D eigenvalue weighted by molar-refractivity contribution is -0.189. The summed E-state index contributed by atoms with van der Waals surface area (Å²) in [6.07, 6.45) is -5.85. The summed E-state index contributed by atoms with van der Waals surface area (Å²) in [7, 11) is -3.69. The number of anilines is 2. The number of amides is 1. The first kappa shape index (κ1) is 37.7. The largest absolute Gasteiger partial charge is 0.480 e. The minimum Gasteiger partial charge on any atom is -0.480 e. The third-order valence-corrected chi connectivity index (χ3v) is 10.3. The van der Waals surface area contributed by atoms with Gasteiger partial charge in [0, 0.05) is 70.0 Å². The first-order chi connectivity index (χ1) is 23.4. The van der Waals surface area contributed by atoms with Crippen molar-refractivity contribution in [3.63, 3.8) is 0 Å². The van der Waals surface area contributed by atoms with E-state index in [0.29, 0.717) is 13.2 Å². The average molecular weight is 739 g/mol. The summed E-state index contributed by atoms with van der Waals surface area (Å²) in [5, 5.41) is 3.37. The van der Waals surface area contributed by atoms with Crippen molar-refractivity contribution in [1.29, 1.82) is 0 Å². The van der Waals surface area contributed by atoms with Gasteiger partial charge in [0.1, 0.15) is 5.75 Å². The molecule has 0 bridgehead atoms. The molecule has 1 amide bonds. The van der Waals surface area contributed by atoms with Gasteiger partial charge in [0.25, 0.3) is 5.91 Å². The van der Waals surface area contributed by atoms with Crippen LogP contribution in [0, 0.1) is 0 Å². The van der Waals surface area contributed by atoms with Gasteiger partial charge in [0.2, 0.25) is 0 Å². The second-order valence-electron chi connectivity index (χ2n) is 12.6. The third kappa shape index (κ3) is 8.83. The number of carbonyl (C=O) groups excluding carboxylic acids is 1. The molecule has 0 radical (unpaired) electrons. The molecule has 10 nitrogen and oxygen atoms in total. The Bertz CT molecular complexity index is 1780. The van der Waals surface area contributed by atoms with E-state index >= 15 is 0 Å². The number of halogens is 4. The molecule has 15 heteroatoms. The summed E-state index contributed by atoms with van der Waals surface area (Å²) < 4.78 is 79.1. The number of ether oxygens (including phenoxy) is 3. The molecule has 0 spiro atoms. The van der Waals surface area contributed by atoms with Crippen LogP contribution in [0.4, 0.5) is 24.5 Å². The zero-order chi connectivity index (χ0) is 34.8. The maximum atomic E-state index is 13.4.